The normalized spacial score (nSPS) is 31.1. The lowest BCUT2D eigenvalue weighted by molar-refractivity contribution is -0.123. The molecule has 0 atom stereocenters. The van der Waals surface area contributed by atoms with Crippen LogP contribution in [0, 0.1) is 5.92 Å². The predicted molar refractivity (Wildman–Crippen MR) is 68.9 cm³/mol. The Hall–Kier alpha value is -0.610. The first-order valence-corrected chi connectivity index (χ1v) is 6.96. The minimum Gasteiger partial charge on any atom is -0.352 e. The lowest BCUT2D eigenvalue weighted by atomic mass is 9.87. The molecule has 2 rings (SSSR count). The number of nitrogens with one attached hydrogen (secondary N) is 2. The number of rotatable bonds is 3. The van der Waals surface area contributed by atoms with Gasteiger partial charge in [0.2, 0.25) is 5.91 Å². The average molecular weight is 239 g/mol. The monoisotopic (exact) mass is 239 g/mol. The summed E-state index contributed by atoms with van der Waals surface area (Å²) >= 11 is 0. The van der Waals surface area contributed by atoms with E-state index in [2.05, 4.69) is 22.5 Å². The third-order valence-electron chi connectivity index (χ3n) is 3.96. The van der Waals surface area contributed by atoms with Gasteiger partial charge in [-0.15, -0.1) is 0 Å². The molecule has 2 N–H and O–H groups in total. The van der Waals surface area contributed by atoms with Crippen LogP contribution < -0.4 is 10.6 Å². The molecule has 4 heteroatoms. The first-order valence-electron chi connectivity index (χ1n) is 6.96. The summed E-state index contributed by atoms with van der Waals surface area (Å²) in [4.78, 5) is 14.1. The van der Waals surface area contributed by atoms with Crippen LogP contribution in [0.5, 0.6) is 0 Å². The molecule has 2 aliphatic rings. The van der Waals surface area contributed by atoms with E-state index in [4.69, 9.17) is 0 Å². The molecule has 0 bridgehead atoms. The number of carbonyl (C=O) groups is 1. The summed E-state index contributed by atoms with van der Waals surface area (Å²) in [6.45, 7) is 6.89. The zero-order valence-electron chi connectivity index (χ0n) is 10.9. The highest BCUT2D eigenvalue weighted by Crippen LogP contribution is 2.23. The van der Waals surface area contributed by atoms with Crippen LogP contribution in [-0.4, -0.2) is 49.6 Å². The van der Waals surface area contributed by atoms with E-state index in [1.807, 2.05) is 0 Å². The van der Waals surface area contributed by atoms with Gasteiger partial charge in [-0.3, -0.25) is 9.69 Å². The standard InChI is InChI=1S/C13H25N3O/c1-11-2-4-12(5-3-11)15-13(17)10-16-8-6-14-7-9-16/h11-12,14H,2-10H2,1H3,(H,15,17). The van der Waals surface area contributed by atoms with Crippen LogP contribution in [0.15, 0.2) is 0 Å². The van der Waals surface area contributed by atoms with Crippen molar-refractivity contribution in [3.8, 4) is 0 Å². The summed E-state index contributed by atoms with van der Waals surface area (Å²) in [7, 11) is 0. The largest absolute Gasteiger partial charge is 0.352 e. The van der Waals surface area contributed by atoms with Crippen molar-refractivity contribution in [1.82, 2.24) is 15.5 Å². The molecule has 0 unspecified atom stereocenters. The van der Waals surface area contributed by atoms with Gasteiger partial charge in [-0.05, 0) is 31.6 Å². The van der Waals surface area contributed by atoms with E-state index in [0.29, 0.717) is 12.6 Å². The van der Waals surface area contributed by atoms with Crippen molar-refractivity contribution in [3.63, 3.8) is 0 Å². The lowest BCUT2D eigenvalue weighted by Gasteiger charge is -2.30. The zero-order chi connectivity index (χ0) is 12.1. The van der Waals surface area contributed by atoms with E-state index >= 15 is 0 Å². The molecule has 0 spiro atoms. The SMILES string of the molecule is CC1CCC(NC(=O)CN2CCNCC2)CC1. The summed E-state index contributed by atoms with van der Waals surface area (Å²) < 4.78 is 0. The maximum Gasteiger partial charge on any atom is 0.234 e. The van der Waals surface area contributed by atoms with E-state index in [0.717, 1.165) is 44.9 Å². The Balaban J connectivity index is 1.66. The number of amides is 1. The summed E-state index contributed by atoms with van der Waals surface area (Å²) in [5.74, 6) is 1.06. The molecule has 2 fully saturated rings. The van der Waals surface area contributed by atoms with Gasteiger partial charge < -0.3 is 10.6 Å². The quantitative estimate of drug-likeness (QED) is 0.757. The Morgan fingerprint density at radius 3 is 2.53 bits per heavy atom. The number of carbonyl (C=O) groups excluding carboxylic acids is 1. The van der Waals surface area contributed by atoms with Gasteiger partial charge in [-0.25, -0.2) is 0 Å². The van der Waals surface area contributed by atoms with Gasteiger partial charge in [-0.1, -0.05) is 6.92 Å². The average Bonchev–Trinajstić information content (AvgIpc) is 2.33. The Labute approximate surface area is 104 Å². The molecule has 1 aliphatic carbocycles. The topological polar surface area (TPSA) is 44.4 Å². The molecule has 1 saturated carbocycles. The Morgan fingerprint density at radius 1 is 1.24 bits per heavy atom. The van der Waals surface area contributed by atoms with Crippen molar-refractivity contribution < 1.29 is 4.79 Å². The smallest absolute Gasteiger partial charge is 0.234 e. The molecule has 1 aliphatic heterocycles. The van der Waals surface area contributed by atoms with Crippen LogP contribution >= 0.6 is 0 Å². The molecular weight excluding hydrogens is 214 g/mol. The number of hydrogen-bond acceptors (Lipinski definition) is 3. The highest BCUT2D eigenvalue weighted by atomic mass is 16.2. The van der Waals surface area contributed by atoms with Gasteiger partial charge in [-0.2, -0.15) is 0 Å². The third kappa shape index (κ3) is 4.28. The van der Waals surface area contributed by atoms with Crippen LogP contribution in [0.4, 0.5) is 0 Å². The molecular formula is C13H25N3O. The van der Waals surface area contributed by atoms with Crippen LogP contribution in [-0.2, 0) is 4.79 Å². The second-order valence-corrected chi connectivity index (χ2v) is 5.55. The number of nitrogens with zero attached hydrogens (tertiary/aromatic N) is 1. The third-order valence-corrected chi connectivity index (χ3v) is 3.96. The maximum absolute atomic E-state index is 11.9. The first-order chi connectivity index (χ1) is 8.24. The Kier molecular flexibility index (Phi) is 4.80. The van der Waals surface area contributed by atoms with Crippen LogP contribution in [0.25, 0.3) is 0 Å². The zero-order valence-corrected chi connectivity index (χ0v) is 10.9. The Morgan fingerprint density at radius 2 is 1.88 bits per heavy atom. The van der Waals surface area contributed by atoms with Crippen molar-refractivity contribution in [3.05, 3.63) is 0 Å². The van der Waals surface area contributed by atoms with Crippen molar-refractivity contribution in [1.29, 1.82) is 0 Å². The van der Waals surface area contributed by atoms with E-state index in [1.165, 1.54) is 12.8 Å². The fourth-order valence-electron chi connectivity index (χ4n) is 2.75. The van der Waals surface area contributed by atoms with Gasteiger partial charge in [0.1, 0.15) is 0 Å². The predicted octanol–water partition coefficient (Wildman–Crippen LogP) is 0.587. The minimum absolute atomic E-state index is 0.214. The van der Waals surface area contributed by atoms with E-state index in [9.17, 15) is 4.79 Å². The van der Waals surface area contributed by atoms with E-state index in [1.54, 1.807) is 0 Å². The lowest BCUT2D eigenvalue weighted by Crippen LogP contribution is -2.49. The van der Waals surface area contributed by atoms with Gasteiger partial charge in [0.25, 0.3) is 0 Å². The van der Waals surface area contributed by atoms with E-state index in [-0.39, 0.29) is 5.91 Å². The molecule has 1 amide bonds. The second-order valence-electron chi connectivity index (χ2n) is 5.55. The minimum atomic E-state index is 0.214. The molecule has 0 aromatic carbocycles. The van der Waals surface area contributed by atoms with Crippen molar-refractivity contribution >= 4 is 5.91 Å². The second kappa shape index (κ2) is 6.36. The molecule has 0 aromatic rings. The number of piperazine rings is 1. The summed E-state index contributed by atoms with van der Waals surface area (Å²) in [6.07, 6.45) is 4.85. The summed E-state index contributed by atoms with van der Waals surface area (Å²) in [5.41, 5.74) is 0. The summed E-state index contributed by atoms with van der Waals surface area (Å²) in [5, 5.41) is 6.49. The highest BCUT2D eigenvalue weighted by Gasteiger charge is 2.21. The van der Waals surface area contributed by atoms with Crippen molar-refractivity contribution in [2.24, 2.45) is 5.92 Å². The van der Waals surface area contributed by atoms with Gasteiger partial charge in [0.15, 0.2) is 0 Å². The molecule has 1 saturated heterocycles. The molecule has 0 radical (unpaired) electrons. The maximum atomic E-state index is 11.9. The van der Waals surface area contributed by atoms with Gasteiger partial charge in [0.05, 0.1) is 6.54 Å². The fourth-order valence-corrected chi connectivity index (χ4v) is 2.75. The van der Waals surface area contributed by atoms with Crippen molar-refractivity contribution in [2.45, 2.75) is 38.6 Å². The van der Waals surface area contributed by atoms with Crippen molar-refractivity contribution in [2.75, 3.05) is 32.7 Å². The highest BCUT2D eigenvalue weighted by molar-refractivity contribution is 5.78. The number of hydrogen-bond donors (Lipinski definition) is 2. The molecule has 0 aromatic heterocycles. The molecule has 1 heterocycles. The van der Waals surface area contributed by atoms with Gasteiger partial charge in [0, 0.05) is 32.2 Å². The molecule has 98 valence electrons. The summed E-state index contributed by atoms with van der Waals surface area (Å²) in [6, 6.07) is 0.432. The van der Waals surface area contributed by atoms with Crippen LogP contribution in [0.1, 0.15) is 32.6 Å². The van der Waals surface area contributed by atoms with Gasteiger partial charge >= 0.3 is 0 Å². The Bertz CT molecular complexity index is 243. The van der Waals surface area contributed by atoms with Crippen LogP contribution in [0.2, 0.25) is 0 Å². The fraction of sp³-hybridized carbons (Fsp3) is 0.923. The first kappa shape index (κ1) is 12.8. The molecule has 4 nitrogen and oxygen atoms in total. The van der Waals surface area contributed by atoms with E-state index < -0.39 is 0 Å². The molecule has 17 heavy (non-hydrogen) atoms. The van der Waals surface area contributed by atoms with Crippen LogP contribution in [0.3, 0.4) is 0 Å².